The molecule has 2 amide bonds. The highest BCUT2D eigenvalue weighted by atomic mass is 32.2. The van der Waals surface area contributed by atoms with Gasteiger partial charge in [0.2, 0.25) is 21.8 Å². The quantitative estimate of drug-likeness (QED) is 0.783. The molecule has 1 aliphatic carbocycles. The number of amides is 2. The van der Waals surface area contributed by atoms with Crippen LogP contribution in [-0.4, -0.2) is 43.7 Å². The van der Waals surface area contributed by atoms with Gasteiger partial charge >= 0.3 is 0 Å². The number of rotatable bonds is 4. The van der Waals surface area contributed by atoms with Crippen molar-refractivity contribution in [3.63, 3.8) is 0 Å². The van der Waals surface area contributed by atoms with Crippen molar-refractivity contribution in [2.45, 2.75) is 68.7 Å². The molecule has 158 valence electrons. The molecule has 0 radical (unpaired) electrons. The van der Waals surface area contributed by atoms with E-state index in [0.717, 1.165) is 18.4 Å². The summed E-state index contributed by atoms with van der Waals surface area (Å²) in [6.45, 7) is 0.720. The molecule has 2 aliphatic heterocycles. The van der Waals surface area contributed by atoms with Gasteiger partial charge < -0.3 is 10.6 Å². The zero-order chi connectivity index (χ0) is 20.4. The molecule has 0 atom stereocenters. The van der Waals surface area contributed by atoms with Crippen molar-refractivity contribution in [1.82, 2.24) is 9.62 Å². The first kappa shape index (κ1) is 20.3. The zero-order valence-corrected chi connectivity index (χ0v) is 17.5. The summed E-state index contributed by atoms with van der Waals surface area (Å²) in [4.78, 5) is 24.5. The lowest BCUT2D eigenvalue weighted by atomic mass is 9.97. The Balaban J connectivity index is 1.40. The van der Waals surface area contributed by atoms with Gasteiger partial charge in [-0.3, -0.25) is 9.59 Å². The first-order valence-electron chi connectivity index (χ1n) is 10.7. The van der Waals surface area contributed by atoms with Crippen molar-refractivity contribution >= 4 is 27.5 Å². The van der Waals surface area contributed by atoms with Gasteiger partial charge in [0.1, 0.15) is 0 Å². The molecule has 1 aromatic rings. The van der Waals surface area contributed by atoms with Gasteiger partial charge in [0.25, 0.3) is 0 Å². The Morgan fingerprint density at radius 2 is 1.76 bits per heavy atom. The molecular weight excluding hydrogens is 390 g/mol. The molecule has 3 aliphatic rings. The van der Waals surface area contributed by atoms with E-state index in [1.54, 1.807) is 18.2 Å². The summed E-state index contributed by atoms with van der Waals surface area (Å²) < 4.78 is 27.7. The minimum atomic E-state index is -3.60. The van der Waals surface area contributed by atoms with Crippen LogP contribution in [0, 0.1) is 5.92 Å². The Bertz CT molecular complexity index is 885. The zero-order valence-electron chi connectivity index (χ0n) is 16.7. The number of carbonyl (C=O) groups is 2. The van der Waals surface area contributed by atoms with Gasteiger partial charge in [-0.25, -0.2) is 8.42 Å². The summed E-state index contributed by atoms with van der Waals surface area (Å²) in [5.74, 6) is -0.0589. The topological polar surface area (TPSA) is 95.6 Å². The largest absolute Gasteiger partial charge is 0.353 e. The second kappa shape index (κ2) is 8.44. The molecule has 1 aromatic carbocycles. The number of nitrogens with zero attached hydrogens (tertiary/aromatic N) is 1. The number of carbonyl (C=O) groups excluding carboxylic acids is 2. The number of hydrogen-bond donors (Lipinski definition) is 2. The van der Waals surface area contributed by atoms with Crippen LogP contribution in [0.5, 0.6) is 0 Å². The van der Waals surface area contributed by atoms with Crippen LogP contribution in [0.1, 0.15) is 56.9 Å². The number of benzene rings is 1. The van der Waals surface area contributed by atoms with E-state index in [9.17, 15) is 18.0 Å². The Labute approximate surface area is 172 Å². The lowest BCUT2D eigenvalue weighted by molar-refractivity contribution is -0.126. The van der Waals surface area contributed by atoms with Crippen LogP contribution in [0.25, 0.3) is 0 Å². The van der Waals surface area contributed by atoms with Gasteiger partial charge in [0.05, 0.1) is 4.90 Å². The second-order valence-corrected chi connectivity index (χ2v) is 10.3. The minimum absolute atomic E-state index is 0.0303. The average Bonchev–Trinajstić information content (AvgIpc) is 3.14. The molecule has 0 spiro atoms. The second-order valence-electron chi connectivity index (χ2n) is 8.39. The van der Waals surface area contributed by atoms with Gasteiger partial charge in [0, 0.05) is 37.2 Å². The van der Waals surface area contributed by atoms with Gasteiger partial charge in [-0.15, -0.1) is 0 Å². The number of sulfonamides is 1. The molecule has 1 saturated carbocycles. The number of anilines is 1. The molecule has 7 nitrogen and oxygen atoms in total. The average molecular weight is 420 g/mol. The third-order valence-corrected chi connectivity index (χ3v) is 8.26. The van der Waals surface area contributed by atoms with Crippen LogP contribution in [0.2, 0.25) is 0 Å². The lowest BCUT2D eigenvalue weighted by Gasteiger charge is -2.31. The molecule has 2 heterocycles. The lowest BCUT2D eigenvalue weighted by Crippen LogP contribution is -2.44. The van der Waals surface area contributed by atoms with E-state index in [0.29, 0.717) is 56.9 Å². The number of nitrogens with one attached hydrogen (secondary N) is 2. The fourth-order valence-corrected chi connectivity index (χ4v) is 6.13. The SMILES string of the molecule is O=C1CCCc2cc(S(=O)(=O)N3CCC(C(=O)NC4CCCC4)CC3)ccc2N1. The first-order valence-corrected chi connectivity index (χ1v) is 12.1. The van der Waals surface area contributed by atoms with Crippen molar-refractivity contribution in [1.29, 1.82) is 0 Å². The van der Waals surface area contributed by atoms with Crippen molar-refractivity contribution in [3.05, 3.63) is 23.8 Å². The summed E-state index contributed by atoms with van der Waals surface area (Å²) in [5.41, 5.74) is 1.57. The van der Waals surface area contributed by atoms with Crippen LogP contribution < -0.4 is 10.6 Å². The van der Waals surface area contributed by atoms with Crippen LogP contribution in [0.4, 0.5) is 5.69 Å². The molecule has 1 saturated heterocycles. The van der Waals surface area contributed by atoms with E-state index < -0.39 is 10.0 Å². The van der Waals surface area contributed by atoms with Crippen LogP contribution in [0.3, 0.4) is 0 Å². The van der Waals surface area contributed by atoms with E-state index >= 15 is 0 Å². The smallest absolute Gasteiger partial charge is 0.243 e. The molecule has 0 unspecified atom stereocenters. The highest BCUT2D eigenvalue weighted by Crippen LogP contribution is 2.29. The van der Waals surface area contributed by atoms with Crippen molar-refractivity contribution in [3.8, 4) is 0 Å². The Morgan fingerprint density at radius 1 is 1.03 bits per heavy atom. The highest BCUT2D eigenvalue weighted by Gasteiger charge is 2.33. The summed E-state index contributed by atoms with van der Waals surface area (Å²) in [6.07, 6.45) is 7.41. The third kappa shape index (κ3) is 4.48. The fourth-order valence-electron chi connectivity index (χ4n) is 4.61. The molecular formula is C21H29N3O4S. The predicted octanol–water partition coefficient (Wildman–Crippen LogP) is 2.42. The molecule has 0 aromatic heterocycles. The molecule has 2 N–H and O–H groups in total. The summed E-state index contributed by atoms with van der Waals surface area (Å²) >= 11 is 0. The van der Waals surface area contributed by atoms with Crippen molar-refractivity contribution in [2.24, 2.45) is 5.92 Å². The molecule has 2 fully saturated rings. The molecule has 29 heavy (non-hydrogen) atoms. The molecule has 4 rings (SSSR count). The standard InChI is InChI=1S/C21H29N3O4S/c25-20-7-3-4-16-14-18(8-9-19(16)23-20)29(27,28)24-12-10-15(11-13-24)21(26)22-17-5-1-2-6-17/h8-9,14-15,17H,1-7,10-13H2,(H,22,26)(H,23,25). The number of hydrogen-bond acceptors (Lipinski definition) is 4. The van der Waals surface area contributed by atoms with Gasteiger partial charge in [-0.1, -0.05) is 12.8 Å². The summed E-state index contributed by atoms with van der Waals surface area (Å²) in [7, 11) is -3.60. The van der Waals surface area contributed by atoms with Gasteiger partial charge in [-0.05, 0) is 62.3 Å². The minimum Gasteiger partial charge on any atom is -0.353 e. The molecule has 0 bridgehead atoms. The maximum atomic E-state index is 13.1. The fraction of sp³-hybridized carbons (Fsp3) is 0.619. The maximum absolute atomic E-state index is 13.1. The summed E-state index contributed by atoms with van der Waals surface area (Å²) in [5, 5.41) is 5.97. The van der Waals surface area contributed by atoms with Gasteiger partial charge in [0.15, 0.2) is 0 Å². The highest BCUT2D eigenvalue weighted by molar-refractivity contribution is 7.89. The van der Waals surface area contributed by atoms with E-state index in [-0.39, 0.29) is 22.6 Å². The Kier molecular flexibility index (Phi) is 5.92. The maximum Gasteiger partial charge on any atom is 0.243 e. The monoisotopic (exact) mass is 419 g/mol. The van der Waals surface area contributed by atoms with Crippen LogP contribution in [-0.2, 0) is 26.0 Å². The van der Waals surface area contributed by atoms with E-state index in [1.165, 1.54) is 17.1 Å². The normalized spacial score (nSPS) is 22.0. The third-order valence-electron chi connectivity index (χ3n) is 6.36. The summed E-state index contributed by atoms with van der Waals surface area (Å²) in [6, 6.07) is 5.24. The number of aryl methyl sites for hydroxylation is 1. The van der Waals surface area contributed by atoms with Crippen LogP contribution >= 0.6 is 0 Å². The number of piperidine rings is 1. The van der Waals surface area contributed by atoms with Gasteiger partial charge in [-0.2, -0.15) is 4.31 Å². The first-order chi connectivity index (χ1) is 13.9. The van der Waals surface area contributed by atoms with E-state index in [1.807, 2.05) is 0 Å². The predicted molar refractivity (Wildman–Crippen MR) is 110 cm³/mol. The number of fused-ring (bicyclic) bond motifs is 1. The Morgan fingerprint density at radius 3 is 2.48 bits per heavy atom. The van der Waals surface area contributed by atoms with Crippen molar-refractivity contribution < 1.29 is 18.0 Å². The molecule has 8 heteroatoms. The van der Waals surface area contributed by atoms with E-state index in [4.69, 9.17) is 0 Å². The Hall–Kier alpha value is -1.93. The van der Waals surface area contributed by atoms with Crippen LogP contribution in [0.15, 0.2) is 23.1 Å². The van der Waals surface area contributed by atoms with E-state index in [2.05, 4.69) is 10.6 Å². The van der Waals surface area contributed by atoms with Crippen molar-refractivity contribution in [2.75, 3.05) is 18.4 Å².